The standard InChI is InChI=1S/C28H24N8/c1-3-21-17-27(36-26(29-21)18-25(32-36)20-9-5-4-6-10-20)35(2)22-15-13-19(14-16-22)23-11-7-8-12-24(23)28-30-33-34-31-28/h4-18H,3H2,1-2H3,(H,30,31,33,34). The maximum Gasteiger partial charge on any atom is 0.205 e. The predicted octanol–water partition coefficient (Wildman–Crippen LogP) is 5.57. The van der Waals surface area contributed by atoms with Gasteiger partial charge >= 0.3 is 0 Å². The Morgan fingerprint density at radius 1 is 0.833 bits per heavy atom. The minimum absolute atomic E-state index is 0.575. The summed E-state index contributed by atoms with van der Waals surface area (Å²) in [5.74, 6) is 1.53. The lowest BCUT2D eigenvalue weighted by Gasteiger charge is -2.21. The van der Waals surface area contributed by atoms with E-state index < -0.39 is 0 Å². The van der Waals surface area contributed by atoms with Crippen molar-refractivity contribution < 1.29 is 0 Å². The highest BCUT2D eigenvalue weighted by Crippen LogP contribution is 2.33. The van der Waals surface area contributed by atoms with E-state index in [1.165, 1.54) is 0 Å². The molecule has 0 aliphatic rings. The van der Waals surface area contributed by atoms with E-state index >= 15 is 0 Å². The van der Waals surface area contributed by atoms with Gasteiger partial charge in [-0.1, -0.05) is 73.7 Å². The SMILES string of the molecule is CCc1cc(N(C)c2ccc(-c3ccccc3-c3nn[nH]n3)cc2)n2nc(-c3ccccc3)cc2n1. The summed E-state index contributed by atoms with van der Waals surface area (Å²) in [4.78, 5) is 6.96. The highest BCUT2D eigenvalue weighted by atomic mass is 15.5. The van der Waals surface area contributed by atoms with Gasteiger partial charge in [0.25, 0.3) is 0 Å². The minimum Gasteiger partial charge on any atom is -0.329 e. The first-order valence-corrected chi connectivity index (χ1v) is 11.8. The molecule has 0 amide bonds. The second-order valence-corrected chi connectivity index (χ2v) is 8.51. The Kier molecular flexibility index (Phi) is 5.46. The van der Waals surface area contributed by atoms with E-state index in [2.05, 4.69) is 88.0 Å². The second-order valence-electron chi connectivity index (χ2n) is 8.51. The van der Waals surface area contributed by atoms with Gasteiger partial charge in [0.2, 0.25) is 5.82 Å². The molecule has 8 heteroatoms. The van der Waals surface area contributed by atoms with E-state index in [0.717, 1.165) is 57.2 Å². The van der Waals surface area contributed by atoms with Crippen molar-refractivity contribution >= 4 is 17.2 Å². The number of benzene rings is 3. The fraction of sp³-hybridized carbons (Fsp3) is 0.107. The quantitative estimate of drug-likeness (QED) is 0.341. The number of hydrogen-bond donors (Lipinski definition) is 1. The number of rotatable bonds is 6. The van der Waals surface area contributed by atoms with Crippen molar-refractivity contribution in [1.82, 2.24) is 35.2 Å². The van der Waals surface area contributed by atoms with Gasteiger partial charge in [0.1, 0.15) is 5.82 Å². The van der Waals surface area contributed by atoms with Crippen LogP contribution < -0.4 is 4.90 Å². The van der Waals surface area contributed by atoms with E-state index in [1.54, 1.807) is 0 Å². The molecule has 6 rings (SSSR count). The third kappa shape index (κ3) is 3.88. The molecule has 36 heavy (non-hydrogen) atoms. The lowest BCUT2D eigenvalue weighted by molar-refractivity contribution is 0.881. The molecular formula is C28H24N8. The number of aryl methyl sites for hydroxylation is 1. The van der Waals surface area contributed by atoms with Gasteiger partial charge < -0.3 is 4.90 Å². The number of tetrazole rings is 1. The Morgan fingerprint density at radius 2 is 1.58 bits per heavy atom. The van der Waals surface area contributed by atoms with Crippen LogP contribution in [0.1, 0.15) is 12.6 Å². The van der Waals surface area contributed by atoms with Gasteiger partial charge in [-0.05, 0) is 34.9 Å². The molecule has 0 unspecified atom stereocenters. The number of aromatic amines is 1. The van der Waals surface area contributed by atoms with E-state index in [0.29, 0.717) is 5.82 Å². The van der Waals surface area contributed by atoms with Crippen molar-refractivity contribution in [1.29, 1.82) is 0 Å². The molecule has 3 aromatic carbocycles. The van der Waals surface area contributed by atoms with Crippen molar-refractivity contribution in [2.45, 2.75) is 13.3 Å². The first-order valence-electron chi connectivity index (χ1n) is 11.8. The van der Waals surface area contributed by atoms with Crippen LogP contribution in [0.25, 0.3) is 39.4 Å². The van der Waals surface area contributed by atoms with Gasteiger partial charge in [0.15, 0.2) is 5.65 Å². The van der Waals surface area contributed by atoms with E-state index in [1.807, 2.05) is 47.0 Å². The molecule has 0 fully saturated rings. The molecule has 176 valence electrons. The van der Waals surface area contributed by atoms with E-state index in [-0.39, 0.29) is 0 Å². The number of hydrogen-bond acceptors (Lipinski definition) is 6. The lowest BCUT2D eigenvalue weighted by Crippen LogP contribution is -2.15. The summed E-state index contributed by atoms with van der Waals surface area (Å²) in [6.07, 6.45) is 0.842. The third-order valence-electron chi connectivity index (χ3n) is 6.32. The highest BCUT2D eigenvalue weighted by Gasteiger charge is 2.16. The monoisotopic (exact) mass is 472 g/mol. The largest absolute Gasteiger partial charge is 0.329 e. The van der Waals surface area contributed by atoms with Gasteiger partial charge in [-0.25, -0.2) is 4.98 Å². The molecule has 0 radical (unpaired) electrons. The van der Waals surface area contributed by atoms with Crippen LogP contribution in [0.2, 0.25) is 0 Å². The summed E-state index contributed by atoms with van der Waals surface area (Å²) in [6.45, 7) is 2.12. The van der Waals surface area contributed by atoms with Crippen LogP contribution >= 0.6 is 0 Å². The van der Waals surface area contributed by atoms with Gasteiger partial charge in [-0.2, -0.15) is 14.8 Å². The predicted molar refractivity (Wildman–Crippen MR) is 141 cm³/mol. The van der Waals surface area contributed by atoms with E-state index in [9.17, 15) is 0 Å². The zero-order valence-corrected chi connectivity index (χ0v) is 20.0. The molecule has 3 heterocycles. The fourth-order valence-electron chi connectivity index (χ4n) is 4.38. The molecule has 8 nitrogen and oxygen atoms in total. The summed E-state index contributed by atoms with van der Waals surface area (Å²) in [5.41, 5.74) is 7.93. The minimum atomic E-state index is 0.575. The smallest absolute Gasteiger partial charge is 0.205 e. The number of aromatic nitrogens is 7. The Labute approximate surface area is 208 Å². The van der Waals surface area contributed by atoms with Crippen LogP contribution in [-0.4, -0.2) is 42.3 Å². The third-order valence-corrected chi connectivity index (χ3v) is 6.32. The molecule has 0 bridgehead atoms. The summed E-state index contributed by atoms with van der Waals surface area (Å²) in [5, 5.41) is 19.5. The molecule has 0 aliphatic carbocycles. The number of H-pyrrole nitrogens is 1. The van der Waals surface area contributed by atoms with Crippen LogP contribution in [0, 0.1) is 0 Å². The van der Waals surface area contributed by atoms with Crippen molar-refractivity contribution in [2.24, 2.45) is 0 Å². The Hall–Kier alpha value is -4.85. The summed E-state index contributed by atoms with van der Waals surface area (Å²) >= 11 is 0. The Morgan fingerprint density at radius 3 is 2.31 bits per heavy atom. The molecule has 6 aromatic rings. The van der Waals surface area contributed by atoms with Crippen LogP contribution in [-0.2, 0) is 6.42 Å². The van der Waals surface area contributed by atoms with Gasteiger partial charge in [-0.3, -0.25) is 0 Å². The first kappa shape index (κ1) is 21.7. The summed E-state index contributed by atoms with van der Waals surface area (Å²) in [6, 6.07) is 30.9. The molecule has 1 N–H and O–H groups in total. The maximum absolute atomic E-state index is 4.90. The summed E-state index contributed by atoms with van der Waals surface area (Å²) in [7, 11) is 2.06. The molecule has 0 aliphatic heterocycles. The average molecular weight is 473 g/mol. The van der Waals surface area contributed by atoms with Crippen LogP contribution in [0.15, 0.2) is 91.0 Å². The molecular weight excluding hydrogens is 448 g/mol. The van der Waals surface area contributed by atoms with Gasteiger partial charge in [0.05, 0.1) is 5.69 Å². The number of nitrogens with zero attached hydrogens (tertiary/aromatic N) is 7. The maximum atomic E-state index is 4.90. The normalized spacial score (nSPS) is 11.2. The van der Waals surface area contributed by atoms with Crippen LogP contribution in [0.3, 0.4) is 0 Å². The van der Waals surface area contributed by atoms with Crippen molar-refractivity contribution in [2.75, 3.05) is 11.9 Å². The lowest BCUT2D eigenvalue weighted by atomic mass is 9.99. The molecule has 0 saturated heterocycles. The highest BCUT2D eigenvalue weighted by molar-refractivity contribution is 5.81. The topological polar surface area (TPSA) is 87.9 Å². The Bertz CT molecular complexity index is 1620. The first-order chi connectivity index (χ1) is 17.7. The van der Waals surface area contributed by atoms with Gasteiger partial charge in [0, 0.05) is 41.7 Å². The zero-order chi connectivity index (χ0) is 24.5. The van der Waals surface area contributed by atoms with Crippen molar-refractivity contribution in [3.63, 3.8) is 0 Å². The zero-order valence-electron chi connectivity index (χ0n) is 20.0. The molecule has 0 saturated carbocycles. The number of nitrogens with one attached hydrogen (secondary N) is 1. The average Bonchev–Trinajstić information content (AvgIpc) is 3.63. The molecule has 3 aromatic heterocycles. The van der Waals surface area contributed by atoms with Crippen molar-refractivity contribution in [3.05, 3.63) is 96.7 Å². The Balaban J connectivity index is 1.38. The van der Waals surface area contributed by atoms with Crippen LogP contribution in [0.4, 0.5) is 11.5 Å². The summed E-state index contributed by atoms with van der Waals surface area (Å²) < 4.78 is 1.92. The second kappa shape index (κ2) is 9.07. The van der Waals surface area contributed by atoms with Gasteiger partial charge in [-0.15, -0.1) is 10.2 Å². The molecule has 0 atom stereocenters. The van der Waals surface area contributed by atoms with Crippen LogP contribution in [0.5, 0.6) is 0 Å². The molecule has 0 spiro atoms. The van der Waals surface area contributed by atoms with E-state index in [4.69, 9.17) is 10.1 Å². The van der Waals surface area contributed by atoms with Crippen molar-refractivity contribution in [3.8, 4) is 33.8 Å². The number of anilines is 2. The number of fused-ring (bicyclic) bond motifs is 1. The fourth-order valence-corrected chi connectivity index (χ4v) is 4.38.